The molecular weight excluding hydrogens is 359 g/mol. The van der Waals surface area contributed by atoms with Crippen molar-refractivity contribution >= 4 is 5.97 Å². The van der Waals surface area contributed by atoms with Crippen LogP contribution in [0, 0.1) is 52.4 Å². The maximum absolute atomic E-state index is 13.4. The van der Waals surface area contributed by atoms with Gasteiger partial charge in [0.1, 0.15) is 5.56 Å². The highest BCUT2D eigenvalue weighted by Crippen LogP contribution is 2.29. The van der Waals surface area contributed by atoms with Crippen LogP contribution in [0.3, 0.4) is 0 Å². The zero-order valence-corrected chi connectivity index (χ0v) is 10.8. The summed E-state index contributed by atoms with van der Waals surface area (Å²) in [5.74, 6) is -26.1. The molecule has 128 valence electrons. The van der Waals surface area contributed by atoms with Crippen molar-refractivity contribution in [2.75, 3.05) is 0 Å². The number of carbonyl (C=O) groups is 1. The van der Waals surface area contributed by atoms with E-state index in [9.17, 15) is 44.3 Å². The summed E-state index contributed by atoms with van der Waals surface area (Å²) in [6.07, 6.45) is 0. The molecule has 0 aromatic heterocycles. The van der Waals surface area contributed by atoms with Gasteiger partial charge >= 0.3 is 5.97 Å². The minimum Gasteiger partial charge on any atom is -0.416 e. The number of esters is 1. The van der Waals surface area contributed by atoms with Crippen LogP contribution in [0.5, 0.6) is 5.75 Å². The van der Waals surface area contributed by atoms with Crippen LogP contribution in [-0.4, -0.2) is 5.97 Å². The van der Waals surface area contributed by atoms with E-state index in [4.69, 9.17) is 0 Å². The summed E-state index contributed by atoms with van der Waals surface area (Å²) < 4.78 is 122. The minimum absolute atomic E-state index is 0.263. The first-order valence-corrected chi connectivity index (χ1v) is 5.64. The molecule has 0 spiro atoms. The molecule has 24 heavy (non-hydrogen) atoms. The molecule has 0 amide bonds. The number of hydrogen-bond donors (Lipinski definition) is 0. The first kappa shape index (κ1) is 17.6. The van der Waals surface area contributed by atoms with Crippen LogP contribution in [0.4, 0.5) is 39.5 Å². The van der Waals surface area contributed by atoms with Gasteiger partial charge < -0.3 is 4.74 Å². The monoisotopic (exact) mass is 360 g/mol. The van der Waals surface area contributed by atoms with Gasteiger partial charge in [0.15, 0.2) is 34.9 Å². The van der Waals surface area contributed by atoms with Crippen molar-refractivity contribution in [3.8, 4) is 5.75 Å². The number of halogens is 9. The molecular formula is C13HF9O2. The largest absolute Gasteiger partial charge is 0.416 e. The Balaban J connectivity index is 2.58. The molecule has 0 atom stereocenters. The van der Waals surface area contributed by atoms with Crippen LogP contribution in [0.25, 0.3) is 0 Å². The van der Waals surface area contributed by atoms with Gasteiger partial charge in [-0.15, -0.1) is 0 Å². The molecule has 0 radical (unpaired) electrons. The van der Waals surface area contributed by atoms with Crippen LogP contribution in [-0.2, 0) is 0 Å². The van der Waals surface area contributed by atoms with Gasteiger partial charge in [0.25, 0.3) is 0 Å². The van der Waals surface area contributed by atoms with Crippen molar-refractivity contribution in [2.24, 2.45) is 0 Å². The first-order chi connectivity index (χ1) is 11.1. The molecule has 0 aliphatic heterocycles. The third kappa shape index (κ3) is 2.65. The number of benzene rings is 2. The van der Waals surface area contributed by atoms with E-state index in [0.717, 1.165) is 0 Å². The predicted octanol–water partition coefficient (Wildman–Crippen LogP) is 4.16. The third-order valence-electron chi connectivity index (χ3n) is 2.68. The highest BCUT2D eigenvalue weighted by Gasteiger charge is 2.32. The van der Waals surface area contributed by atoms with Gasteiger partial charge in [0.2, 0.25) is 23.2 Å². The second kappa shape index (κ2) is 6.06. The average Bonchev–Trinajstić information content (AvgIpc) is 2.53. The molecule has 0 saturated carbocycles. The van der Waals surface area contributed by atoms with E-state index in [1.807, 2.05) is 0 Å². The Morgan fingerprint density at radius 2 is 1.00 bits per heavy atom. The Morgan fingerprint density at radius 3 is 1.42 bits per heavy atom. The quantitative estimate of drug-likeness (QED) is 0.264. The Bertz CT molecular complexity index is 808. The number of carbonyl (C=O) groups excluding carboxylic acids is 1. The average molecular weight is 360 g/mol. The van der Waals surface area contributed by atoms with Gasteiger partial charge in [-0.2, -0.15) is 8.78 Å². The molecule has 2 nitrogen and oxygen atoms in total. The summed E-state index contributed by atoms with van der Waals surface area (Å²) in [6.45, 7) is 0. The molecule has 2 aromatic carbocycles. The van der Waals surface area contributed by atoms with Crippen LogP contribution in [0.15, 0.2) is 6.07 Å². The number of hydrogen-bond acceptors (Lipinski definition) is 2. The second-order valence-electron chi connectivity index (χ2n) is 4.13. The molecule has 0 unspecified atom stereocenters. The zero-order chi connectivity index (χ0) is 18.3. The van der Waals surface area contributed by atoms with Gasteiger partial charge in [0, 0.05) is 6.07 Å². The Hall–Kier alpha value is -2.72. The lowest BCUT2D eigenvalue weighted by atomic mass is 10.1. The van der Waals surface area contributed by atoms with Crippen LogP contribution in [0.1, 0.15) is 10.4 Å². The van der Waals surface area contributed by atoms with E-state index in [-0.39, 0.29) is 6.07 Å². The molecule has 11 heteroatoms. The lowest BCUT2D eigenvalue weighted by Gasteiger charge is -2.10. The summed E-state index contributed by atoms with van der Waals surface area (Å²) >= 11 is 0. The first-order valence-electron chi connectivity index (χ1n) is 5.64. The molecule has 0 heterocycles. The summed E-state index contributed by atoms with van der Waals surface area (Å²) in [6, 6.07) is -0.263. The summed E-state index contributed by atoms with van der Waals surface area (Å²) in [5.41, 5.74) is -2.20. The molecule has 2 aromatic rings. The smallest absolute Gasteiger partial charge is 0.349 e. The maximum Gasteiger partial charge on any atom is 0.349 e. The molecule has 0 aliphatic rings. The van der Waals surface area contributed by atoms with Gasteiger partial charge in [-0.3, -0.25) is 0 Å². The molecule has 0 fully saturated rings. The standard InChI is InChI=1S/C13HF9O2/c14-2-1-3(15)6(17)12(5(2)16)24-13(23)4-7(18)9(20)11(22)10(21)8(4)19/h1H. The van der Waals surface area contributed by atoms with Gasteiger partial charge in [-0.05, 0) is 0 Å². The lowest BCUT2D eigenvalue weighted by molar-refractivity contribution is 0.0703. The SMILES string of the molecule is O=C(Oc1c(F)c(F)cc(F)c1F)c1c(F)c(F)c(F)c(F)c1F. The number of rotatable bonds is 2. The van der Waals surface area contributed by atoms with E-state index in [1.165, 1.54) is 0 Å². The predicted molar refractivity (Wildman–Crippen MR) is 57.5 cm³/mol. The van der Waals surface area contributed by atoms with Crippen LogP contribution in [0.2, 0.25) is 0 Å². The van der Waals surface area contributed by atoms with Crippen molar-refractivity contribution in [1.82, 2.24) is 0 Å². The highest BCUT2D eigenvalue weighted by atomic mass is 19.2. The summed E-state index contributed by atoms with van der Waals surface area (Å²) in [5, 5.41) is 0. The second-order valence-corrected chi connectivity index (χ2v) is 4.13. The van der Waals surface area contributed by atoms with Crippen LogP contribution >= 0.6 is 0 Å². The van der Waals surface area contributed by atoms with Gasteiger partial charge in [-0.1, -0.05) is 0 Å². The van der Waals surface area contributed by atoms with E-state index in [0.29, 0.717) is 0 Å². The van der Waals surface area contributed by atoms with Crippen LogP contribution < -0.4 is 4.74 Å². The van der Waals surface area contributed by atoms with Crippen molar-refractivity contribution in [3.63, 3.8) is 0 Å². The molecule has 0 bridgehead atoms. The van der Waals surface area contributed by atoms with E-state index >= 15 is 0 Å². The summed E-state index contributed by atoms with van der Waals surface area (Å²) in [7, 11) is 0. The van der Waals surface area contributed by atoms with E-state index in [2.05, 4.69) is 4.74 Å². The fraction of sp³-hybridized carbons (Fsp3) is 0. The molecule has 0 saturated heterocycles. The van der Waals surface area contributed by atoms with E-state index < -0.39 is 69.6 Å². The van der Waals surface area contributed by atoms with E-state index in [1.54, 1.807) is 0 Å². The van der Waals surface area contributed by atoms with Crippen molar-refractivity contribution in [3.05, 3.63) is 64.0 Å². The Morgan fingerprint density at radius 1 is 0.625 bits per heavy atom. The third-order valence-corrected chi connectivity index (χ3v) is 2.68. The topological polar surface area (TPSA) is 26.3 Å². The van der Waals surface area contributed by atoms with Gasteiger partial charge in [-0.25, -0.2) is 35.5 Å². The van der Waals surface area contributed by atoms with Crippen molar-refractivity contribution in [1.29, 1.82) is 0 Å². The van der Waals surface area contributed by atoms with Crippen molar-refractivity contribution in [2.45, 2.75) is 0 Å². The molecule has 0 aliphatic carbocycles. The minimum atomic E-state index is -2.62. The molecule has 0 N–H and O–H groups in total. The normalized spacial score (nSPS) is 10.9. The zero-order valence-electron chi connectivity index (χ0n) is 10.8. The van der Waals surface area contributed by atoms with Crippen molar-refractivity contribution < 1.29 is 49.0 Å². The maximum atomic E-state index is 13.4. The lowest BCUT2D eigenvalue weighted by Crippen LogP contribution is -2.19. The molecule has 2 rings (SSSR count). The Kier molecular flexibility index (Phi) is 4.45. The number of ether oxygens (including phenoxy) is 1. The fourth-order valence-electron chi connectivity index (χ4n) is 1.57. The highest BCUT2D eigenvalue weighted by molar-refractivity contribution is 5.91. The Labute approximate surface area is 126 Å². The van der Waals surface area contributed by atoms with Gasteiger partial charge in [0.05, 0.1) is 0 Å². The fourth-order valence-corrected chi connectivity index (χ4v) is 1.57. The summed E-state index contributed by atoms with van der Waals surface area (Å²) in [4.78, 5) is 11.5.